The first-order valence-electron chi connectivity index (χ1n) is 8.38. The minimum atomic E-state index is -1.24. The molecule has 0 heterocycles. The van der Waals surface area contributed by atoms with Gasteiger partial charge in [0.15, 0.2) is 24.1 Å². The maximum absolute atomic E-state index is 12.0. The lowest BCUT2D eigenvalue weighted by molar-refractivity contribution is -0.142. The number of rotatable bonds is 9. The third-order valence-electron chi connectivity index (χ3n) is 3.97. The van der Waals surface area contributed by atoms with Crippen LogP contribution in [0, 0.1) is 11.3 Å². The van der Waals surface area contributed by atoms with Crippen LogP contribution in [0.2, 0.25) is 0 Å². The monoisotopic (exact) mass is 400 g/mol. The molecule has 0 fully saturated rings. The van der Waals surface area contributed by atoms with E-state index in [-0.39, 0.29) is 11.3 Å². The van der Waals surface area contributed by atoms with Crippen molar-refractivity contribution in [3.8, 4) is 23.3 Å². The normalized spacial score (nSPS) is 11.0. The summed E-state index contributed by atoms with van der Waals surface area (Å²) in [5, 5.41) is 21.6. The number of carbonyl (C=O) groups is 2. The second kappa shape index (κ2) is 9.85. The molecule has 0 saturated heterocycles. The number of hydrogen-bond acceptors (Lipinski definition) is 8. The first kappa shape index (κ1) is 21.4. The van der Waals surface area contributed by atoms with Crippen LogP contribution in [-0.4, -0.2) is 45.0 Å². The number of anilines is 1. The molecule has 9 heteroatoms. The minimum absolute atomic E-state index is 0.113. The van der Waals surface area contributed by atoms with Crippen LogP contribution in [0.1, 0.15) is 17.2 Å². The van der Waals surface area contributed by atoms with Gasteiger partial charge >= 0.3 is 11.9 Å². The lowest BCUT2D eigenvalue weighted by atomic mass is 10.0. The average molecular weight is 400 g/mol. The van der Waals surface area contributed by atoms with E-state index in [1.54, 1.807) is 24.3 Å². The van der Waals surface area contributed by atoms with Crippen LogP contribution in [0.15, 0.2) is 36.4 Å². The number of carboxylic acids is 1. The summed E-state index contributed by atoms with van der Waals surface area (Å²) in [6.07, 6.45) is 0. The predicted octanol–water partition coefficient (Wildman–Crippen LogP) is 2.37. The minimum Gasteiger partial charge on any atom is -0.493 e. The van der Waals surface area contributed by atoms with Gasteiger partial charge in [-0.2, -0.15) is 5.26 Å². The van der Waals surface area contributed by atoms with Crippen LogP contribution >= 0.6 is 0 Å². The van der Waals surface area contributed by atoms with Gasteiger partial charge in [-0.05, 0) is 30.3 Å². The van der Waals surface area contributed by atoms with Crippen molar-refractivity contribution < 1.29 is 33.6 Å². The molecule has 2 N–H and O–H groups in total. The number of nitrogens with one attached hydrogen (secondary N) is 1. The summed E-state index contributed by atoms with van der Waals surface area (Å²) < 4.78 is 20.5. The average Bonchev–Trinajstić information content (AvgIpc) is 2.75. The van der Waals surface area contributed by atoms with E-state index in [4.69, 9.17) is 19.5 Å². The number of nitrogens with zero attached hydrogens (tertiary/aromatic N) is 1. The third-order valence-corrected chi connectivity index (χ3v) is 3.97. The quantitative estimate of drug-likeness (QED) is 0.610. The standard InChI is InChI=1S/C20H20N2O7/c1-26-16-8-14(15(9-17(16)27-2)29-11-18(23)28-3)19(20(24)25)22-13-6-4-12(10-21)5-7-13/h4-9,19,22H,11H2,1-3H3,(H,24,25). The van der Waals surface area contributed by atoms with Gasteiger partial charge in [-0.15, -0.1) is 0 Å². The van der Waals surface area contributed by atoms with Crippen LogP contribution in [0.3, 0.4) is 0 Å². The van der Waals surface area contributed by atoms with Crippen molar-refractivity contribution in [2.24, 2.45) is 0 Å². The Hall–Kier alpha value is -3.93. The molecular weight excluding hydrogens is 380 g/mol. The molecular formula is C20H20N2O7. The fraction of sp³-hybridized carbons (Fsp3) is 0.250. The van der Waals surface area contributed by atoms with E-state index in [0.29, 0.717) is 22.7 Å². The molecule has 1 atom stereocenters. The summed E-state index contributed by atoms with van der Waals surface area (Å²) in [5.41, 5.74) is 1.13. The topological polar surface area (TPSA) is 127 Å². The Morgan fingerprint density at radius 2 is 1.69 bits per heavy atom. The first-order valence-corrected chi connectivity index (χ1v) is 8.38. The SMILES string of the molecule is COC(=O)COc1cc(OC)c(OC)cc1C(Nc1ccc(C#N)cc1)C(=O)O. The second-order valence-electron chi connectivity index (χ2n) is 5.71. The Morgan fingerprint density at radius 1 is 1.07 bits per heavy atom. The number of nitriles is 1. The first-order chi connectivity index (χ1) is 13.9. The molecule has 0 aliphatic heterocycles. The molecule has 0 aliphatic carbocycles. The molecule has 9 nitrogen and oxygen atoms in total. The highest BCUT2D eigenvalue weighted by Gasteiger charge is 2.26. The molecule has 2 rings (SSSR count). The number of benzene rings is 2. The Kier molecular flexibility index (Phi) is 7.26. The Labute approximate surface area is 167 Å². The Bertz CT molecular complexity index is 920. The van der Waals surface area contributed by atoms with Gasteiger partial charge in [0.1, 0.15) is 5.75 Å². The molecule has 0 amide bonds. The largest absolute Gasteiger partial charge is 0.493 e. The summed E-state index contributed by atoms with van der Waals surface area (Å²) in [6, 6.07) is 9.95. The summed E-state index contributed by atoms with van der Waals surface area (Å²) >= 11 is 0. The van der Waals surface area contributed by atoms with Crippen LogP contribution in [0.4, 0.5) is 5.69 Å². The molecule has 2 aromatic carbocycles. The number of carboxylic acid groups (broad SMARTS) is 1. The Balaban J connectivity index is 2.47. The number of ether oxygens (including phenoxy) is 4. The van der Waals surface area contributed by atoms with Gasteiger partial charge in [-0.3, -0.25) is 0 Å². The summed E-state index contributed by atoms with van der Waals surface area (Å²) in [7, 11) is 4.05. The zero-order valence-corrected chi connectivity index (χ0v) is 16.1. The van der Waals surface area contributed by atoms with Crippen molar-refractivity contribution in [1.82, 2.24) is 0 Å². The van der Waals surface area contributed by atoms with E-state index in [1.807, 2.05) is 6.07 Å². The predicted molar refractivity (Wildman–Crippen MR) is 102 cm³/mol. The van der Waals surface area contributed by atoms with Crippen molar-refractivity contribution in [2.45, 2.75) is 6.04 Å². The van der Waals surface area contributed by atoms with Gasteiger partial charge in [-0.25, -0.2) is 9.59 Å². The van der Waals surface area contributed by atoms with Crippen molar-refractivity contribution in [3.63, 3.8) is 0 Å². The number of carbonyl (C=O) groups excluding carboxylic acids is 1. The van der Waals surface area contributed by atoms with Crippen molar-refractivity contribution in [2.75, 3.05) is 33.3 Å². The Morgan fingerprint density at radius 3 is 2.21 bits per heavy atom. The van der Waals surface area contributed by atoms with Gasteiger partial charge in [0.25, 0.3) is 0 Å². The number of aliphatic carboxylic acids is 1. The summed E-state index contributed by atoms with van der Waals surface area (Å²) in [4.78, 5) is 23.5. The molecule has 0 aliphatic rings. The molecule has 0 aromatic heterocycles. The van der Waals surface area contributed by atoms with Crippen LogP contribution in [0.5, 0.6) is 17.2 Å². The number of esters is 1. The van der Waals surface area contributed by atoms with E-state index < -0.39 is 24.6 Å². The van der Waals surface area contributed by atoms with Crippen molar-refractivity contribution in [1.29, 1.82) is 5.26 Å². The van der Waals surface area contributed by atoms with E-state index in [9.17, 15) is 14.7 Å². The second-order valence-corrected chi connectivity index (χ2v) is 5.71. The highest BCUT2D eigenvalue weighted by atomic mass is 16.6. The molecule has 2 aromatic rings. The van der Waals surface area contributed by atoms with Gasteiger partial charge in [-0.1, -0.05) is 0 Å². The molecule has 0 bridgehead atoms. The van der Waals surface area contributed by atoms with E-state index in [1.165, 1.54) is 33.5 Å². The molecule has 152 valence electrons. The fourth-order valence-corrected chi connectivity index (χ4v) is 2.50. The highest BCUT2D eigenvalue weighted by Crippen LogP contribution is 2.38. The summed E-state index contributed by atoms with van der Waals surface area (Å²) in [6.45, 7) is -0.414. The van der Waals surface area contributed by atoms with Crippen LogP contribution < -0.4 is 19.5 Å². The highest BCUT2D eigenvalue weighted by molar-refractivity contribution is 5.81. The van der Waals surface area contributed by atoms with Crippen LogP contribution in [-0.2, 0) is 14.3 Å². The fourth-order valence-electron chi connectivity index (χ4n) is 2.50. The molecule has 0 saturated carbocycles. The molecule has 29 heavy (non-hydrogen) atoms. The maximum Gasteiger partial charge on any atom is 0.343 e. The maximum atomic E-state index is 12.0. The zero-order valence-electron chi connectivity index (χ0n) is 16.1. The number of methoxy groups -OCH3 is 3. The van der Waals surface area contributed by atoms with E-state index in [0.717, 1.165) is 0 Å². The van der Waals surface area contributed by atoms with Gasteiger partial charge in [0.2, 0.25) is 0 Å². The third kappa shape index (κ3) is 5.29. The van der Waals surface area contributed by atoms with E-state index >= 15 is 0 Å². The number of hydrogen-bond donors (Lipinski definition) is 2. The lowest BCUT2D eigenvalue weighted by Crippen LogP contribution is -2.22. The van der Waals surface area contributed by atoms with Crippen molar-refractivity contribution in [3.05, 3.63) is 47.5 Å². The smallest absolute Gasteiger partial charge is 0.343 e. The summed E-state index contributed by atoms with van der Waals surface area (Å²) in [5.74, 6) is -1.11. The molecule has 0 radical (unpaired) electrons. The van der Waals surface area contributed by atoms with Gasteiger partial charge in [0.05, 0.1) is 33.0 Å². The van der Waals surface area contributed by atoms with Crippen LogP contribution in [0.25, 0.3) is 0 Å². The lowest BCUT2D eigenvalue weighted by Gasteiger charge is -2.21. The molecule has 0 spiro atoms. The van der Waals surface area contributed by atoms with Gasteiger partial charge < -0.3 is 29.4 Å². The molecule has 1 unspecified atom stereocenters. The van der Waals surface area contributed by atoms with E-state index in [2.05, 4.69) is 10.1 Å². The van der Waals surface area contributed by atoms with Crippen molar-refractivity contribution >= 4 is 17.6 Å². The zero-order chi connectivity index (χ0) is 21.4. The van der Waals surface area contributed by atoms with Gasteiger partial charge in [0, 0.05) is 17.3 Å².